The summed E-state index contributed by atoms with van der Waals surface area (Å²) in [6.45, 7) is 6.91. The van der Waals surface area contributed by atoms with E-state index in [9.17, 15) is 5.11 Å². The molecule has 19 heavy (non-hydrogen) atoms. The average molecular weight is 257 g/mol. The van der Waals surface area contributed by atoms with E-state index in [-0.39, 0.29) is 0 Å². The molecule has 0 amide bonds. The summed E-state index contributed by atoms with van der Waals surface area (Å²) >= 11 is 0. The number of hydrogen-bond acceptors (Lipinski definition) is 2. The molecule has 0 aromatic heterocycles. The van der Waals surface area contributed by atoms with Gasteiger partial charge >= 0.3 is 0 Å². The zero-order valence-corrected chi connectivity index (χ0v) is 11.9. The van der Waals surface area contributed by atoms with Crippen LogP contribution in [0.5, 0.6) is 0 Å². The molecule has 0 saturated carbocycles. The number of nitrogens with zero attached hydrogens (tertiary/aromatic N) is 1. The lowest BCUT2D eigenvalue weighted by molar-refractivity contribution is 0.0245. The van der Waals surface area contributed by atoms with E-state index in [4.69, 9.17) is 0 Å². The highest BCUT2D eigenvalue weighted by Crippen LogP contribution is 2.22. The molecular weight excluding hydrogens is 234 g/mol. The van der Waals surface area contributed by atoms with E-state index in [0.717, 1.165) is 32.5 Å². The van der Waals surface area contributed by atoms with Gasteiger partial charge in [-0.2, -0.15) is 0 Å². The molecule has 2 rings (SSSR count). The minimum Gasteiger partial charge on any atom is -0.378 e. The van der Waals surface area contributed by atoms with Gasteiger partial charge in [-0.05, 0) is 5.56 Å². The Morgan fingerprint density at radius 1 is 1.21 bits per heavy atom. The molecule has 1 fully saturated rings. The minimum atomic E-state index is -0.766. The molecule has 0 unspecified atom stereocenters. The molecule has 0 atom stereocenters. The van der Waals surface area contributed by atoms with Crippen molar-refractivity contribution in [2.45, 2.75) is 38.8 Å². The van der Waals surface area contributed by atoms with E-state index in [1.54, 1.807) is 0 Å². The second kappa shape index (κ2) is 6.23. The smallest absolute Gasteiger partial charge is 0.127 e. The summed E-state index contributed by atoms with van der Waals surface area (Å²) in [5.74, 6) is 6.49. The van der Waals surface area contributed by atoms with Crippen LogP contribution in [-0.4, -0.2) is 28.7 Å². The molecule has 2 heteroatoms. The van der Waals surface area contributed by atoms with Gasteiger partial charge in [0.15, 0.2) is 0 Å². The van der Waals surface area contributed by atoms with Crippen LogP contribution in [0.4, 0.5) is 0 Å². The quantitative estimate of drug-likeness (QED) is 0.823. The van der Waals surface area contributed by atoms with Crippen molar-refractivity contribution in [1.29, 1.82) is 0 Å². The van der Waals surface area contributed by atoms with Crippen LogP contribution in [0, 0.1) is 17.8 Å². The highest BCUT2D eigenvalue weighted by molar-refractivity contribution is 5.17. The summed E-state index contributed by atoms with van der Waals surface area (Å²) in [6, 6.07) is 10.5. The fourth-order valence-electron chi connectivity index (χ4n) is 2.33. The number of benzene rings is 1. The Morgan fingerprint density at radius 3 is 2.42 bits per heavy atom. The summed E-state index contributed by atoms with van der Waals surface area (Å²) in [6.07, 6.45) is 1.50. The number of likely N-dealkylation sites (tertiary alicyclic amines) is 1. The molecule has 1 aromatic rings. The molecule has 1 aliphatic heterocycles. The normalized spacial score (nSPS) is 18.9. The topological polar surface area (TPSA) is 23.5 Å². The van der Waals surface area contributed by atoms with Gasteiger partial charge in [-0.15, -0.1) is 0 Å². The number of hydrogen-bond donors (Lipinski definition) is 1. The Labute approximate surface area is 116 Å². The average Bonchev–Trinajstić information content (AvgIpc) is 2.41. The van der Waals surface area contributed by atoms with Crippen molar-refractivity contribution in [3.05, 3.63) is 35.9 Å². The van der Waals surface area contributed by atoms with Crippen molar-refractivity contribution < 1.29 is 5.11 Å². The van der Waals surface area contributed by atoms with Gasteiger partial charge in [-0.3, -0.25) is 4.90 Å². The van der Waals surface area contributed by atoms with Crippen molar-refractivity contribution in [3.63, 3.8) is 0 Å². The van der Waals surface area contributed by atoms with Gasteiger partial charge in [0.25, 0.3) is 0 Å². The summed E-state index contributed by atoms with van der Waals surface area (Å²) in [7, 11) is 0. The summed E-state index contributed by atoms with van der Waals surface area (Å²) in [4.78, 5) is 2.39. The Bertz CT molecular complexity index is 447. The lowest BCUT2D eigenvalue weighted by Crippen LogP contribution is -2.43. The van der Waals surface area contributed by atoms with Crippen LogP contribution in [0.25, 0.3) is 0 Å². The molecule has 102 valence electrons. The molecule has 1 aliphatic rings. The highest BCUT2D eigenvalue weighted by Gasteiger charge is 2.30. The van der Waals surface area contributed by atoms with Crippen molar-refractivity contribution in [1.82, 2.24) is 4.90 Å². The van der Waals surface area contributed by atoms with Gasteiger partial charge in [-0.25, -0.2) is 0 Å². The first-order valence-electron chi connectivity index (χ1n) is 7.09. The fraction of sp³-hybridized carbons (Fsp3) is 0.529. The lowest BCUT2D eigenvalue weighted by atomic mass is 9.91. The Hall–Kier alpha value is -1.30. The minimum absolute atomic E-state index is 0.325. The second-order valence-electron chi connectivity index (χ2n) is 5.72. The molecule has 1 aromatic carbocycles. The lowest BCUT2D eigenvalue weighted by Gasteiger charge is -2.35. The Morgan fingerprint density at radius 2 is 1.84 bits per heavy atom. The first-order valence-corrected chi connectivity index (χ1v) is 7.09. The number of piperidine rings is 1. The van der Waals surface area contributed by atoms with Crippen LogP contribution in [0.3, 0.4) is 0 Å². The van der Waals surface area contributed by atoms with Crippen molar-refractivity contribution in [3.8, 4) is 11.8 Å². The van der Waals surface area contributed by atoms with Crippen molar-refractivity contribution in [2.24, 2.45) is 5.92 Å². The Kier molecular flexibility index (Phi) is 4.63. The predicted molar refractivity (Wildman–Crippen MR) is 78.5 cm³/mol. The standard InChI is InChI=1S/C17H23NO/c1-15(2)8-9-17(19)10-12-18(13-11-17)14-16-6-4-3-5-7-16/h3-7,15,19H,10-14H2,1-2H3. The van der Waals surface area contributed by atoms with E-state index >= 15 is 0 Å². The molecule has 0 radical (unpaired) electrons. The number of rotatable bonds is 2. The third-order valence-electron chi connectivity index (χ3n) is 3.53. The van der Waals surface area contributed by atoms with E-state index in [1.165, 1.54) is 5.56 Å². The summed E-state index contributed by atoms with van der Waals surface area (Å²) in [5.41, 5.74) is 0.568. The first-order chi connectivity index (χ1) is 9.07. The zero-order valence-electron chi connectivity index (χ0n) is 11.9. The fourth-order valence-corrected chi connectivity index (χ4v) is 2.33. The molecule has 1 N–H and O–H groups in total. The second-order valence-corrected chi connectivity index (χ2v) is 5.72. The van der Waals surface area contributed by atoms with E-state index < -0.39 is 5.60 Å². The van der Waals surface area contributed by atoms with Crippen LogP contribution >= 0.6 is 0 Å². The molecule has 0 spiro atoms. The maximum Gasteiger partial charge on any atom is 0.127 e. The zero-order chi connectivity index (χ0) is 13.7. The van der Waals surface area contributed by atoms with Gasteiger partial charge in [0.2, 0.25) is 0 Å². The van der Waals surface area contributed by atoms with Crippen LogP contribution in [0.15, 0.2) is 30.3 Å². The summed E-state index contributed by atoms with van der Waals surface area (Å²) in [5, 5.41) is 10.4. The van der Waals surface area contributed by atoms with Crippen LogP contribution in [0.1, 0.15) is 32.3 Å². The molecule has 0 aliphatic carbocycles. The SMILES string of the molecule is CC(C)C#CC1(O)CCN(Cc2ccccc2)CC1. The predicted octanol–water partition coefficient (Wildman–Crippen LogP) is 2.67. The van der Waals surface area contributed by atoms with Crippen molar-refractivity contribution in [2.75, 3.05) is 13.1 Å². The van der Waals surface area contributed by atoms with E-state index in [0.29, 0.717) is 5.92 Å². The monoisotopic (exact) mass is 257 g/mol. The molecule has 1 heterocycles. The maximum atomic E-state index is 10.4. The first kappa shape index (κ1) is 14.1. The van der Waals surface area contributed by atoms with Gasteiger partial charge in [0.1, 0.15) is 5.60 Å². The summed E-state index contributed by atoms with van der Waals surface area (Å²) < 4.78 is 0. The third-order valence-corrected chi connectivity index (χ3v) is 3.53. The van der Waals surface area contributed by atoms with Crippen LogP contribution in [-0.2, 0) is 6.54 Å². The van der Waals surface area contributed by atoms with Crippen LogP contribution < -0.4 is 0 Å². The Balaban J connectivity index is 1.88. The van der Waals surface area contributed by atoms with Crippen molar-refractivity contribution >= 4 is 0 Å². The van der Waals surface area contributed by atoms with Gasteiger partial charge in [-0.1, -0.05) is 56.0 Å². The van der Waals surface area contributed by atoms with Gasteiger partial charge in [0, 0.05) is 38.4 Å². The van der Waals surface area contributed by atoms with E-state index in [2.05, 4.69) is 54.9 Å². The molecule has 1 saturated heterocycles. The number of aliphatic hydroxyl groups is 1. The third kappa shape index (κ3) is 4.38. The molecule has 2 nitrogen and oxygen atoms in total. The highest BCUT2D eigenvalue weighted by atomic mass is 16.3. The van der Waals surface area contributed by atoms with Gasteiger partial charge < -0.3 is 5.11 Å². The maximum absolute atomic E-state index is 10.4. The van der Waals surface area contributed by atoms with E-state index in [1.807, 2.05) is 6.07 Å². The van der Waals surface area contributed by atoms with Crippen LogP contribution in [0.2, 0.25) is 0 Å². The van der Waals surface area contributed by atoms with Gasteiger partial charge in [0.05, 0.1) is 0 Å². The largest absolute Gasteiger partial charge is 0.378 e. The molecule has 0 bridgehead atoms. The molecular formula is C17H23NO.